The summed E-state index contributed by atoms with van der Waals surface area (Å²) in [5.74, 6) is 0.711. The molecule has 2 aromatic rings. The molecule has 2 aromatic carbocycles. The van der Waals surface area contributed by atoms with Gasteiger partial charge in [0.05, 0.1) is 7.11 Å². The summed E-state index contributed by atoms with van der Waals surface area (Å²) in [5, 5.41) is 0.649. The topological polar surface area (TPSA) is 29.3 Å². The molecule has 0 unspecified atom stereocenters. The molecule has 0 amide bonds. The van der Waals surface area contributed by atoms with Gasteiger partial charge in [-0.3, -0.25) is 0 Å². The van der Waals surface area contributed by atoms with Crippen molar-refractivity contribution in [2.75, 3.05) is 14.2 Å². The van der Waals surface area contributed by atoms with Crippen LogP contribution in [0.1, 0.15) is 0 Å². The third-order valence-electron chi connectivity index (χ3n) is 2.68. The van der Waals surface area contributed by atoms with E-state index in [-0.39, 0.29) is 0 Å². The summed E-state index contributed by atoms with van der Waals surface area (Å²) in [5.41, 5.74) is 2.34. The van der Waals surface area contributed by atoms with Gasteiger partial charge in [0, 0.05) is 32.4 Å². The molecular formula is C14H13ClNO2+. The maximum absolute atomic E-state index is 11.3. The lowest BCUT2D eigenvalue weighted by molar-refractivity contribution is -0.428. The van der Waals surface area contributed by atoms with Crippen molar-refractivity contribution in [3.05, 3.63) is 52.4 Å². The van der Waals surface area contributed by atoms with E-state index in [1.807, 2.05) is 18.2 Å². The third kappa shape index (κ3) is 2.51. The summed E-state index contributed by atoms with van der Waals surface area (Å²) in [7, 11) is 3.06. The van der Waals surface area contributed by atoms with E-state index >= 15 is 0 Å². The first-order valence-electron chi connectivity index (χ1n) is 5.46. The van der Waals surface area contributed by atoms with Crippen LogP contribution in [0.5, 0.6) is 5.75 Å². The van der Waals surface area contributed by atoms with Gasteiger partial charge >= 0.3 is 0 Å². The van der Waals surface area contributed by atoms with Crippen LogP contribution in [-0.4, -0.2) is 18.9 Å². The minimum absolute atomic E-state index is 0.575. The van der Waals surface area contributed by atoms with E-state index in [1.54, 1.807) is 31.4 Å². The number of hydrogen-bond donors (Lipinski definition) is 0. The molecule has 0 radical (unpaired) electrons. The van der Waals surface area contributed by atoms with Crippen LogP contribution in [0.25, 0.3) is 11.1 Å². The Kier molecular flexibility index (Phi) is 3.63. The second-order valence-corrected chi connectivity index (χ2v) is 4.33. The number of nitroso groups, excluding NO2 is 1. The van der Waals surface area contributed by atoms with Gasteiger partial charge in [0.25, 0.3) is 5.69 Å². The molecule has 3 nitrogen and oxygen atoms in total. The quantitative estimate of drug-likeness (QED) is 0.781. The van der Waals surface area contributed by atoms with E-state index < -0.39 is 0 Å². The normalized spacial score (nSPS) is 10.2. The Labute approximate surface area is 111 Å². The highest BCUT2D eigenvalue weighted by Gasteiger charge is 2.13. The Bertz CT molecular complexity index is 596. The molecule has 2 rings (SSSR count). The van der Waals surface area contributed by atoms with Gasteiger partial charge in [-0.1, -0.05) is 23.7 Å². The molecule has 0 saturated heterocycles. The molecule has 0 aliphatic heterocycles. The van der Waals surface area contributed by atoms with Gasteiger partial charge in [0.15, 0.2) is 7.05 Å². The van der Waals surface area contributed by atoms with Crippen molar-refractivity contribution in [2.24, 2.45) is 0 Å². The van der Waals surface area contributed by atoms with Gasteiger partial charge in [-0.15, -0.1) is 0 Å². The first-order chi connectivity index (χ1) is 8.61. The van der Waals surface area contributed by atoms with Crippen LogP contribution in [0.15, 0.2) is 42.5 Å². The minimum Gasteiger partial charge on any atom is -0.496 e. The van der Waals surface area contributed by atoms with Crippen LogP contribution in [0, 0.1) is 4.91 Å². The molecule has 92 valence electrons. The molecular weight excluding hydrogens is 250 g/mol. The molecule has 0 bridgehead atoms. The molecule has 0 N–H and O–H groups in total. The summed E-state index contributed by atoms with van der Waals surface area (Å²) in [4.78, 5) is 11.3. The molecule has 0 spiro atoms. The number of benzene rings is 2. The molecule has 4 heteroatoms. The highest BCUT2D eigenvalue weighted by atomic mass is 35.5. The SMILES string of the molecule is COc1ccc([N+](C)=O)cc1-c1cccc(Cl)c1. The number of hydrogen-bond acceptors (Lipinski definition) is 2. The summed E-state index contributed by atoms with van der Waals surface area (Å²) >= 11 is 5.98. The van der Waals surface area contributed by atoms with Gasteiger partial charge < -0.3 is 4.74 Å². The van der Waals surface area contributed by atoms with Crippen LogP contribution in [0.4, 0.5) is 5.69 Å². The van der Waals surface area contributed by atoms with E-state index in [0.29, 0.717) is 16.5 Å². The van der Waals surface area contributed by atoms with Crippen molar-refractivity contribution in [1.29, 1.82) is 0 Å². The van der Waals surface area contributed by atoms with Crippen LogP contribution in [0.2, 0.25) is 5.02 Å². The number of nitrogens with zero attached hydrogens (tertiary/aromatic N) is 1. The third-order valence-corrected chi connectivity index (χ3v) is 2.92. The van der Waals surface area contributed by atoms with Crippen LogP contribution in [-0.2, 0) is 0 Å². The maximum atomic E-state index is 11.3. The second kappa shape index (κ2) is 5.19. The lowest BCUT2D eigenvalue weighted by atomic mass is 10.0. The first kappa shape index (κ1) is 12.6. The largest absolute Gasteiger partial charge is 0.496 e. The Morgan fingerprint density at radius 3 is 2.56 bits per heavy atom. The van der Waals surface area contributed by atoms with Gasteiger partial charge in [-0.05, 0) is 23.8 Å². The lowest BCUT2D eigenvalue weighted by Gasteiger charge is -2.08. The van der Waals surface area contributed by atoms with Crippen molar-refractivity contribution >= 4 is 17.3 Å². The zero-order chi connectivity index (χ0) is 13.1. The highest BCUT2D eigenvalue weighted by Crippen LogP contribution is 2.34. The average molecular weight is 263 g/mol. The molecule has 0 heterocycles. The predicted octanol–water partition coefficient (Wildman–Crippen LogP) is 4.06. The number of halogens is 1. The Morgan fingerprint density at radius 1 is 1.17 bits per heavy atom. The molecule has 0 aliphatic rings. The van der Waals surface area contributed by atoms with E-state index in [1.165, 1.54) is 7.05 Å². The fraction of sp³-hybridized carbons (Fsp3) is 0.143. The zero-order valence-corrected chi connectivity index (χ0v) is 10.9. The summed E-state index contributed by atoms with van der Waals surface area (Å²) in [6.45, 7) is 0. The molecule has 0 saturated carbocycles. The van der Waals surface area contributed by atoms with Gasteiger partial charge in [-0.25, -0.2) is 0 Å². The van der Waals surface area contributed by atoms with Crippen molar-refractivity contribution in [3.63, 3.8) is 0 Å². The van der Waals surface area contributed by atoms with Crippen molar-refractivity contribution in [3.8, 4) is 16.9 Å². The van der Waals surface area contributed by atoms with Crippen molar-refractivity contribution in [2.45, 2.75) is 0 Å². The van der Waals surface area contributed by atoms with Gasteiger partial charge in [0.2, 0.25) is 0 Å². The maximum Gasteiger partial charge on any atom is 0.256 e. The fourth-order valence-electron chi connectivity index (χ4n) is 1.77. The number of ether oxygens (including phenoxy) is 1. The standard InChI is InChI=1S/C14H13ClNO2/c1-16(17)12-6-7-14(18-2)13(9-12)10-4-3-5-11(15)8-10/h3-9H,1-2H3/q+1. The zero-order valence-electron chi connectivity index (χ0n) is 10.2. The smallest absolute Gasteiger partial charge is 0.256 e. The summed E-state index contributed by atoms with van der Waals surface area (Å²) < 4.78 is 6.12. The highest BCUT2D eigenvalue weighted by molar-refractivity contribution is 6.30. The van der Waals surface area contributed by atoms with Gasteiger partial charge in [-0.2, -0.15) is 0 Å². The van der Waals surface area contributed by atoms with Crippen LogP contribution in [0.3, 0.4) is 0 Å². The van der Waals surface area contributed by atoms with Crippen LogP contribution >= 0.6 is 11.6 Å². The Balaban J connectivity index is 2.60. The molecule has 0 aliphatic carbocycles. The monoisotopic (exact) mass is 262 g/mol. The van der Waals surface area contributed by atoms with Gasteiger partial charge in [0.1, 0.15) is 5.75 Å². The summed E-state index contributed by atoms with van der Waals surface area (Å²) in [6.07, 6.45) is 0. The van der Waals surface area contributed by atoms with Crippen LogP contribution < -0.4 is 4.74 Å². The molecule has 0 aromatic heterocycles. The van der Waals surface area contributed by atoms with E-state index in [4.69, 9.17) is 16.3 Å². The average Bonchev–Trinajstić information content (AvgIpc) is 2.38. The molecule has 0 fully saturated rings. The lowest BCUT2D eigenvalue weighted by Crippen LogP contribution is -1.93. The number of rotatable bonds is 3. The van der Waals surface area contributed by atoms with E-state index in [0.717, 1.165) is 15.9 Å². The first-order valence-corrected chi connectivity index (χ1v) is 5.84. The molecule has 18 heavy (non-hydrogen) atoms. The van der Waals surface area contributed by atoms with Crippen molar-refractivity contribution in [1.82, 2.24) is 0 Å². The van der Waals surface area contributed by atoms with E-state index in [2.05, 4.69) is 0 Å². The molecule has 0 atom stereocenters. The van der Waals surface area contributed by atoms with E-state index in [9.17, 15) is 4.91 Å². The fourth-order valence-corrected chi connectivity index (χ4v) is 1.96. The summed E-state index contributed by atoms with van der Waals surface area (Å²) in [6, 6.07) is 12.7. The van der Waals surface area contributed by atoms with Crippen molar-refractivity contribution < 1.29 is 9.50 Å². The second-order valence-electron chi connectivity index (χ2n) is 3.89. The Hall–Kier alpha value is -1.87. The predicted molar refractivity (Wildman–Crippen MR) is 72.7 cm³/mol. The Morgan fingerprint density at radius 2 is 1.94 bits per heavy atom. The number of methoxy groups -OCH3 is 1. The minimum atomic E-state index is 0.575.